The van der Waals surface area contributed by atoms with Crippen LogP contribution in [0.25, 0.3) is 17.0 Å². The summed E-state index contributed by atoms with van der Waals surface area (Å²) < 4.78 is 5.20. The summed E-state index contributed by atoms with van der Waals surface area (Å²) in [6.45, 7) is 1.67. The predicted molar refractivity (Wildman–Crippen MR) is 168 cm³/mol. The van der Waals surface area contributed by atoms with Crippen LogP contribution >= 0.6 is 11.3 Å². The molecule has 1 fully saturated rings. The number of thiazole rings is 1. The van der Waals surface area contributed by atoms with Gasteiger partial charge in [-0.1, -0.05) is 13.0 Å². The monoisotopic (exact) mass is 648 g/mol. The largest absolute Gasteiger partial charge is 0.508 e. The van der Waals surface area contributed by atoms with Crippen LogP contribution in [0.3, 0.4) is 0 Å². The molecule has 46 heavy (non-hydrogen) atoms. The summed E-state index contributed by atoms with van der Waals surface area (Å²) in [5.41, 5.74) is 2.91. The molecule has 0 spiro atoms. The van der Waals surface area contributed by atoms with Gasteiger partial charge in [-0.15, -0.1) is 11.3 Å². The lowest BCUT2D eigenvalue weighted by molar-refractivity contribution is -0.169. The number of phenols is 1. The third-order valence-electron chi connectivity index (χ3n) is 9.26. The van der Waals surface area contributed by atoms with Gasteiger partial charge in [-0.2, -0.15) is 0 Å². The van der Waals surface area contributed by atoms with Gasteiger partial charge in [0.15, 0.2) is 16.5 Å². The number of nitrogens with zero attached hydrogens (tertiary/aromatic N) is 2. The third kappa shape index (κ3) is 4.32. The summed E-state index contributed by atoms with van der Waals surface area (Å²) in [4.78, 5) is 45.6. The lowest BCUT2D eigenvalue weighted by Gasteiger charge is -2.53. The van der Waals surface area contributed by atoms with Crippen LogP contribution in [0.15, 0.2) is 58.7 Å². The zero-order valence-electron chi connectivity index (χ0n) is 25.2. The van der Waals surface area contributed by atoms with E-state index in [0.29, 0.717) is 22.1 Å². The van der Waals surface area contributed by atoms with Gasteiger partial charge >= 0.3 is 0 Å². The van der Waals surface area contributed by atoms with E-state index in [-0.39, 0.29) is 11.3 Å². The molecule has 13 nitrogen and oxygen atoms in total. The van der Waals surface area contributed by atoms with Crippen molar-refractivity contribution in [2.75, 3.05) is 26.5 Å². The quantitative estimate of drug-likeness (QED) is 0.152. The molecule has 3 aliphatic carbocycles. The number of carbonyl (C=O) groups excluding carboxylic acids is 3. The molecule has 240 valence electrons. The summed E-state index contributed by atoms with van der Waals surface area (Å²) in [5.74, 6) is -8.75. The number of primary amides is 1. The Kier molecular flexibility index (Phi) is 7.43. The van der Waals surface area contributed by atoms with Crippen molar-refractivity contribution in [1.29, 1.82) is 0 Å². The summed E-state index contributed by atoms with van der Waals surface area (Å²) in [6, 6.07) is 9.11. The number of aromatic hydroxyl groups is 1. The number of nitrogens with two attached hydrogens (primary N) is 1. The number of methoxy groups -OCH3 is 1. The van der Waals surface area contributed by atoms with E-state index in [4.69, 9.17) is 10.5 Å². The average Bonchev–Trinajstić information content (AvgIpc) is 3.48. The smallest absolute Gasteiger partial charge is 0.255 e. The second kappa shape index (κ2) is 10.9. The highest BCUT2D eigenvalue weighted by Gasteiger charge is 2.68. The number of Topliss-reactive ketones (excluding diaryl/α,β-unsaturated/α-hetero) is 2. The summed E-state index contributed by atoms with van der Waals surface area (Å²) in [5, 5.41) is 62.9. The van der Waals surface area contributed by atoms with E-state index < -0.39 is 81.4 Å². The molecule has 8 N–H and O–H groups in total. The first-order chi connectivity index (χ1) is 21.7. The summed E-state index contributed by atoms with van der Waals surface area (Å²) in [6.07, 6.45) is -1.66. The number of phenolic OH excluding ortho intramolecular Hbond substituents is 1. The molecule has 6 unspecified atom stereocenters. The van der Waals surface area contributed by atoms with Crippen molar-refractivity contribution < 1.29 is 44.7 Å². The molecule has 0 radical (unpaired) electrons. The van der Waals surface area contributed by atoms with Gasteiger partial charge in [0.2, 0.25) is 5.78 Å². The number of anilines is 2. The van der Waals surface area contributed by atoms with Crippen LogP contribution in [0.5, 0.6) is 11.5 Å². The third-order valence-corrected chi connectivity index (χ3v) is 10.0. The number of hydrogen-bond acceptors (Lipinski definition) is 13. The van der Waals surface area contributed by atoms with Crippen LogP contribution in [-0.2, 0) is 14.4 Å². The number of ketones is 2. The number of rotatable bonds is 6. The highest BCUT2D eigenvalue weighted by Crippen LogP contribution is 2.56. The fourth-order valence-corrected chi connectivity index (χ4v) is 7.79. The number of benzene rings is 2. The molecule has 0 saturated heterocycles. The first kappa shape index (κ1) is 31.2. The van der Waals surface area contributed by atoms with Crippen LogP contribution in [0.4, 0.5) is 10.8 Å². The van der Waals surface area contributed by atoms with E-state index in [1.807, 2.05) is 17.5 Å². The molecule has 6 atom stereocenters. The minimum absolute atomic E-state index is 0.118. The molecular formula is C32H32N4O9S. The van der Waals surface area contributed by atoms with Crippen LogP contribution in [0, 0.1) is 11.8 Å². The van der Waals surface area contributed by atoms with Gasteiger partial charge in [-0.3, -0.25) is 19.3 Å². The minimum atomic E-state index is -2.98. The number of likely N-dealkylation sites (N-methyl/N-ethyl adjacent to an activating group) is 1. The lowest BCUT2D eigenvalue weighted by atomic mass is 9.54. The highest BCUT2D eigenvalue weighted by molar-refractivity contribution is 7.14. The zero-order chi connectivity index (χ0) is 33.4. The van der Waals surface area contributed by atoms with Gasteiger partial charge in [0.05, 0.1) is 42.1 Å². The average molecular weight is 649 g/mol. The molecule has 3 aliphatic rings. The van der Waals surface area contributed by atoms with Crippen molar-refractivity contribution in [1.82, 2.24) is 9.88 Å². The standard InChI is InChI=1S/C32H32N4O9S/c1-12-15-9-10-16(34-31-35-17(11-46-31)13-5-7-14(45-4)8-6-13)24(37)19(15)25(38)20-18(12)26(39)22-23(36(2)3)27(40)21(30(33)43)29(42)32(22,44)28(20)41/h5-12,18,22-23,26,37-39,42,44H,1-4H3,(H2,33,43)(H,34,35). The minimum Gasteiger partial charge on any atom is -0.508 e. The van der Waals surface area contributed by atoms with Crippen molar-refractivity contribution in [2.45, 2.75) is 30.6 Å². The van der Waals surface area contributed by atoms with Gasteiger partial charge in [0.25, 0.3) is 5.91 Å². The SMILES string of the molecule is COc1ccc(-c2csc(Nc3ccc4c(c3O)C(O)=C3C(=O)C5(O)C(O)=C(C(N)=O)C(=O)C(N(C)C)C5C(O)C3C4C)n2)cc1. The zero-order valence-corrected chi connectivity index (χ0v) is 26.0. The number of amides is 1. The maximum atomic E-state index is 14.2. The van der Waals surface area contributed by atoms with E-state index in [2.05, 4.69) is 10.3 Å². The molecule has 1 amide bonds. The molecule has 0 aliphatic heterocycles. The maximum Gasteiger partial charge on any atom is 0.255 e. The summed E-state index contributed by atoms with van der Waals surface area (Å²) in [7, 11) is 4.49. The van der Waals surface area contributed by atoms with Gasteiger partial charge in [-0.25, -0.2) is 4.98 Å². The van der Waals surface area contributed by atoms with Crippen LogP contribution in [0.2, 0.25) is 0 Å². The Balaban J connectivity index is 1.44. The molecule has 1 heterocycles. The predicted octanol–water partition coefficient (Wildman–Crippen LogP) is 2.37. The Morgan fingerprint density at radius 2 is 1.78 bits per heavy atom. The Morgan fingerprint density at radius 1 is 1.11 bits per heavy atom. The van der Waals surface area contributed by atoms with E-state index in [1.54, 1.807) is 38.3 Å². The number of ether oxygens (including phenoxy) is 1. The fraction of sp³-hybridized carbons (Fsp3) is 0.312. The van der Waals surface area contributed by atoms with E-state index in [0.717, 1.165) is 5.56 Å². The number of aliphatic hydroxyl groups is 4. The number of aliphatic hydroxyl groups excluding tert-OH is 3. The Bertz CT molecular complexity index is 1860. The summed E-state index contributed by atoms with van der Waals surface area (Å²) >= 11 is 1.27. The topological polar surface area (TPSA) is 216 Å². The van der Waals surface area contributed by atoms with Crippen LogP contribution in [0.1, 0.15) is 24.0 Å². The number of hydrogen-bond donors (Lipinski definition) is 7. The van der Waals surface area contributed by atoms with E-state index in [1.165, 1.54) is 30.3 Å². The number of fused-ring (bicyclic) bond motifs is 3. The Labute approximate surface area is 266 Å². The lowest BCUT2D eigenvalue weighted by Crippen LogP contribution is -2.70. The molecule has 1 aromatic heterocycles. The number of aromatic nitrogens is 1. The first-order valence-corrected chi connectivity index (χ1v) is 15.2. The van der Waals surface area contributed by atoms with Crippen molar-refractivity contribution in [3.05, 3.63) is 69.8 Å². The Hall–Kier alpha value is -4.76. The van der Waals surface area contributed by atoms with Crippen LogP contribution < -0.4 is 15.8 Å². The Morgan fingerprint density at radius 3 is 2.39 bits per heavy atom. The van der Waals surface area contributed by atoms with Gasteiger partial charge in [0, 0.05) is 22.4 Å². The number of nitrogens with one attached hydrogen (secondary N) is 1. The van der Waals surface area contributed by atoms with E-state index >= 15 is 0 Å². The molecule has 3 aromatic rings. The molecular weight excluding hydrogens is 616 g/mol. The normalized spacial score (nSPS) is 27.3. The van der Waals surface area contributed by atoms with Crippen molar-refractivity contribution in [3.8, 4) is 22.8 Å². The molecule has 14 heteroatoms. The van der Waals surface area contributed by atoms with Crippen molar-refractivity contribution in [2.24, 2.45) is 17.6 Å². The van der Waals surface area contributed by atoms with Gasteiger partial charge in [-0.05, 0) is 55.9 Å². The first-order valence-electron chi connectivity index (χ1n) is 14.3. The van der Waals surface area contributed by atoms with Crippen LogP contribution in [-0.4, -0.2) is 91.8 Å². The van der Waals surface area contributed by atoms with Gasteiger partial charge in [0.1, 0.15) is 28.6 Å². The fourth-order valence-electron chi connectivity index (χ4n) is 7.06. The van der Waals surface area contributed by atoms with Gasteiger partial charge < -0.3 is 41.3 Å². The second-order valence-electron chi connectivity index (χ2n) is 11.9. The second-order valence-corrected chi connectivity index (χ2v) is 12.7. The highest BCUT2D eigenvalue weighted by atomic mass is 32.1. The van der Waals surface area contributed by atoms with Crippen molar-refractivity contribution in [3.63, 3.8) is 0 Å². The molecule has 2 aromatic carbocycles. The maximum absolute atomic E-state index is 14.2. The van der Waals surface area contributed by atoms with E-state index in [9.17, 15) is 39.9 Å². The molecule has 6 rings (SSSR count). The molecule has 0 bridgehead atoms. The number of carbonyl (C=O) groups is 3. The van der Waals surface area contributed by atoms with Crippen molar-refractivity contribution >= 4 is 45.4 Å². The molecule has 1 saturated carbocycles.